The van der Waals surface area contributed by atoms with Gasteiger partial charge in [-0.1, -0.05) is 6.92 Å². The first-order valence-corrected chi connectivity index (χ1v) is 16.4. The van der Waals surface area contributed by atoms with Crippen LogP contribution in [0.4, 0.5) is 48.3 Å². The number of carbonyl (C=O) groups is 2. The predicted octanol–water partition coefficient (Wildman–Crippen LogP) is 7.70. The monoisotopic (exact) mass is 724 g/mol. The molecule has 0 spiro atoms. The number of hydrogen-bond donors (Lipinski definition) is 2. The van der Waals surface area contributed by atoms with E-state index >= 15 is 0 Å². The summed E-state index contributed by atoms with van der Waals surface area (Å²) in [6.45, 7) is 3.70. The summed E-state index contributed by atoms with van der Waals surface area (Å²) in [7, 11) is 1.48. The van der Waals surface area contributed by atoms with Crippen LogP contribution in [0.5, 0.6) is 5.75 Å². The Morgan fingerprint density at radius 2 is 1.71 bits per heavy atom. The summed E-state index contributed by atoms with van der Waals surface area (Å²) < 4.78 is 99.0. The second kappa shape index (κ2) is 15.7. The highest BCUT2D eigenvalue weighted by Gasteiger charge is 2.39. The summed E-state index contributed by atoms with van der Waals surface area (Å²) in [5, 5.41) is 12.3. The normalized spacial score (nSPS) is 17.9. The highest BCUT2D eigenvalue weighted by Crippen LogP contribution is 2.43. The van der Waals surface area contributed by atoms with Crippen LogP contribution in [0.25, 0.3) is 0 Å². The van der Waals surface area contributed by atoms with E-state index in [1.54, 1.807) is 30.5 Å². The fourth-order valence-electron chi connectivity index (χ4n) is 6.31. The minimum Gasteiger partial charge on any atom is -0.497 e. The molecule has 0 aliphatic carbocycles. The molecule has 1 saturated heterocycles. The van der Waals surface area contributed by atoms with Gasteiger partial charge >= 0.3 is 24.4 Å². The number of alkyl halides is 6. The number of rotatable bonds is 11. The van der Waals surface area contributed by atoms with Crippen LogP contribution < -0.4 is 19.9 Å². The van der Waals surface area contributed by atoms with Gasteiger partial charge in [-0.05, 0) is 67.3 Å². The van der Waals surface area contributed by atoms with Crippen molar-refractivity contribution in [3.8, 4) is 5.75 Å². The predicted molar refractivity (Wildman–Crippen MR) is 175 cm³/mol. The van der Waals surface area contributed by atoms with E-state index < -0.39 is 47.6 Å². The number of methoxy groups -OCH3 is 1. The SMILES string of the molecule is CC[C@@H]1C[C@H](Nc2ncc(N3CCOCC3)cc2Cc2cc(C(F)(F)F)cc(C(F)(F)F)c2)c2cc(OC)ccc2N1C(=O)OCCCC(=O)O. The molecular formula is C35H38F6N4O6. The molecule has 16 heteroatoms. The smallest absolute Gasteiger partial charge is 0.416 e. The number of hydrogen-bond acceptors (Lipinski definition) is 8. The van der Waals surface area contributed by atoms with Gasteiger partial charge in [0.2, 0.25) is 0 Å². The third-order valence-corrected chi connectivity index (χ3v) is 8.85. The molecule has 51 heavy (non-hydrogen) atoms. The second-order valence-corrected chi connectivity index (χ2v) is 12.3. The van der Waals surface area contributed by atoms with E-state index in [4.69, 9.17) is 19.3 Å². The Labute approximate surface area is 290 Å². The van der Waals surface area contributed by atoms with Crippen LogP contribution in [0, 0.1) is 0 Å². The highest BCUT2D eigenvalue weighted by molar-refractivity contribution is 5.90. The fraction of sp³-hybridized carbons (Fsp3) is 0.457. The summed E-state index contributed by atoms with van der Waals surface area (Å²) in [5.74, 6) is -0.289. The molecule has 2 aliphatic heterocycles. The molecule has 0 bridgehead atoms. The Balaban J connectivity index is 1.54. The molecular weight excluding hydrogens is 686 g/mol. The number of halogens is 6. The number of nitrogens with zero attached hydrogens (tertiary/aromatic N) is 3. The van der Waals surface area contributed by atoms with Crippen LogP contribution in [0.1, 0.15) is 66.5 Å². The Kier molecular flexibility index (Phi) is 11.5. The molecule has 2 aromatic carbocycles. The number of carboxylic acids is 1. The molecule has 0 saturated carbocycles. The zero-order valence-corrected chi connectivity index (χ0v) is 27.9. The van der Waals surface area contributed by atoms with Crippen molar-refractivity contribution < 1.29 is 55.2 Å². The molecule has 3 heterocycles. The standard InChI is InChI=1S/C35H38F6N4O6/c1-3-25-18-29(28-19-27(49-2)6-7-30(28)45(25)33(48)51-10-4-5-31(46)47)43-32-22(16-26(20-42-32)44-8-11-50-12-9-44)13-21-14-23(34(36,37)38)17-24(15-21)35(39,40)41/h6-7,14-17,19-20,25,29H,3-5,8-13,18H2,1-2H3,(H,42,43)(H,46,47)/t25-,29+/m1/s1. The fourth-order valence-corrected chi connectivity index (χ4v) is 6.31. The maximum Gasteiger partial charge on any atom is 0.416 e. The van der Waals surface area contributed by atoms with Gasteiger partial charge in [0.15, 0.2) is 0 Å². The molecule has 1 fully saturated rings. The van der Waals surface area contributed by atoms with E-state index in [-0.39, 0.29) is 43.3 Å². The van der Waals surface area contributed by atoms with Crippen LogP contribution in [0.3, 0.4) is 0 Å². The lowest BCUT2D eigenvalue weighted by Crippen LogP contribution is -2.46. The Morgan fingerprint density at radius 1 is 1.02 bits per heavy atom. The molecule has 0 radical (unpaired) electrons. The molecule has 2 atom stereocenters. The van der Waals surface area contributed by atoms with Gasteiger partial charge in [0, 0.05) is 43.1 Å². The molecule has 10 nitrogen and oxygen atoms in total. The first-order valence-electron chi connectivity index (χ1n) is 16.4. The summed E-state index contributed by atoms with van der Waals surface area (Å²) >= 11 is 0. The average molecular weight is 725 g/mol. The van der Waals surface area contributed by atoms with Crippen molar-refractivity contribution in [3.63, 3.8) is 0 Å². The lowest BCUT2D eigenvalue weighted by atomic mass is 9.89. The van der Waals surface area contributed by atoms with Crippen molar-refractivity contribution in [1.82, 2.24) is 4.98 Å². The summed E-state index contributed by atoms with van der Waals surface area (Å²) in [4.78, 5) is 32.4. The zero-order chi connectivity index (χ0) is 36.9. The minimum atomic E-state index is -5.01. The van der Waals surface area contributed by atoms with Crippen LogP contribution in [0.2, 0.25) is 0 Å². The highest BCUT2D eigenvalue weighted by atomic mass is 19.4. The summed E-state index contributed by atoms with van der Waals surface area (Å²) in [5.41, 5.74) is -0.907. The number of nitrogens with one attached hydrogen (secondary N) is 1. The Hall–Kier alpha value is -4.73. The molecule has 1 amide bonds. The molecule has 1 aromatic heterocycles. The van der Waals surface area contributed by atoms with Crippen molar-refractivity contribution in [2.75, 3.05) is 55.1 Å². The van der Waals surface area contributed by atoms with E-state index in [1.807, 2.05) is 11.8 Å². The van der Waals surface area contributed by atoms with Crippen molar-refractivity contribution in [3.05, 3.63) is 76.5 Å². The van der Waals surface area contributed by atoms with E-state index in [0.717, 1.165) is 0 Å². The number of anilines is 3. The molecule has 276 valence electrons. The van der Waals surface area contributed by atoms with Gasteiger partial charge in [0.1, 0.15) is 11.6 Å². The van der Waals surface area contributed by atoms with Crippen LogP contribution in [-0.2, 0) is 33.0 Å². The van der Waals surface area contributed by atoms with Crippen molar-refractivity contribution in [2.45, 2.75) is 63.5 Å². The first-order chi connectivity index (χ1) is 24.2. The molecule has 2 aliphatic rings. The number of morpholine rings is 1. The Bertz CT molecular complexity index is 1680. The quantitative estimate of drug-likeness (QED) is 0.152. The molecule has 0 unspecified atom stereocenters. The van der Waals surface area contributed by atoms with Gasteiger partial charge in [0.05, 0.1) is 61.7 Å². The van der Waals surface area contributed by atoms with Gasteiger partial charge in [0.25, 0.3) is 0 Å². The third kappa shape index (κ3) is 9.15. The number of ether oxygens (including phenoxy) is 3. The number of carboxylic acid groups (broad SMARTS) is 1. The number of aliphatic carboxylic acids is 1. The Morgan fingerprint density at radius 3 is 2.31 bits per heavy atom. The lowest BCUT2D eigenvalue weighted by Gasteiger charge is -2.40. The number of benzene rings is 2. The number of fused-ring (bicyclic) bond motifs is 1. The lowest BCUT2D eigenvalue weighted by molar-refractivity contribution is -0.143. The second-order valence-electron chi connectivity index (χ2n) is 12.3. The maximum atomic E-state index is 13.8. The maximum absolute atomic E-state index is 13.8. The zero-order valence-electron chi connectivity index (χ0n) is 27.9. The van der Waals surface area contributed by atoms with Crippen LogP contribution in [0.15, 0.2) is 48.7 Å². The molecule has 2 N–H and O–H groups in total. The van der Waals surface area contributed by atoms with Crippen molar-refractivity contribution in [2.24, 2.45) is 0 Å². The van der Waals surface area contributed by atoms with Crippen molar-refractivity contribution in [1.29, 1.82) is 0 Å². The number of pyridine rings is 1. The first kappa shape index (κ1) is 37.5. The van der Waals surface area contributed by atoms with Crippen molar-refractivity contribution >= 4 is 29.3 Å². The van der Waals surface area contributed by atoms with Gasteiger partial charge in [-0.2, -0.15) is 26.3 Å². The van der Waals surface area contributed by atoms with Crippen LogP contribution in [-0.4, -0.2) is 68.2 Å². The van der Waals surface area contributed by atoms with E-state index in [2.05, 4.69) is 10.3 Å². The number of amides is 1. The summed E-state index contributed by atoms with van der Waals surface area (Å²) in [6, 6.07) is 7.42. The van der Waals surface area contributed by atoms with Gasteiger partial charge < -0.3 is 29.5 Å². The minimum absolute atomic E-state index is 0.0976. The van der Waals surface area contributed by atoms with E-state index in [0.29, 0.717) is 79.5 Å². The summed E-state index contributed by atoms with van der Waals surface area (Å²) in [6.07, 6.45) is -8.58. The molecule has 3 aromatic rings. The van der Waals surface area contributed by atoms with E-state index in [9.17, 15) is 35.9 Å². The van der Waals surface area contributed by atoms with Gasteiger partial charge in [-0.3, -0.25) is 9.69 Å². The van der Waals surface area contributed by atoms with Gasteiger partial charge in [-0.25, -0.2) is 9.78 Å². The average Bonchev–Trinajstić information content (AvgIpc) is 3.09. The third-order valence-electron chi connectivity index (χ3n) is 8.85. The van der Waals surface area contributed by atoms with Gasteiger partial charge in [-0.15, -0.1) is 0 Å². The molecule has 5 rings (SSSR count). The topological polar surface area (TPSA) is 113 Å². The number of aromatic nitrogens is 1. The van der Waals surface area contributed by atoms with Crippen LogP contribution >= 0.6 is 0 Å². The largest absolute Gasteiger partial charge is 0.497 e. The van der Waals surface area contributed by atoms with E-state index in [1.165, 1.54) is 12.0 Å². The number of carbonyl (C=O) groups excluding carboxylic acids is 1.